The maximum Gasteiger partial charge on any atom is 0.242 e. The first-order valence-corrected chi connectivity index (χ1v) is 7.16. The number of carbonyl (C=O) groups is 1. The third-order valence-corrected chi connectivity index (χ3v) is 3.63. The third kappa shape index (κ3) is 3.82. The van der Waals surface area contributed by atoms with Crippen molar-refractivity contribution in [1.82, 2.24) is 15.1 Å². The maximum absolute atomic E-state index is 11.9. The van der Waals surface area contributed by atoms with Crippen LogP contribution in [0.2, 0.25) is 0 Å². The second-order valence-corrected chi connectivity index (χ2v) is 5.28. The van der Waals surface area contributed by atoms with Crippen molar-refractivity contribution >= 4 is 22.9 Å². The zero-order chi connectivity index (χ0) is 13.7. The standard InChI is InChI=1S/C13H18N4OS/c1-3-17-9-11(7-15-17)16-10(2)13(18)14-8-12-5-4-6-19-12/h4-7,9-10,16H,3,8H2,1-2H3,(H,14,18)/t10-/m1/s1. The molecule has 0 aliphatic carbocycles. The van der Waals surface area contributed by atoms with Crippen LogP contribution in [0.4, 0.5) is 5.69 Å². The van der Waals surface area contributed by atoms with E-state index >= 15 is 0 Å². The van der Waals surface area contributed by atoms with Crippen molar-refractivity contribution in [3.63, 3.8) is 0 Å². The van der Waals surface area contributed by atoms with Crippen LogP contribution in [0.5, 0.6) is 0 Å². The van der Waals surface area contributed by atoms with Crippen LogP contribution in [0.15, 0.2) is 29.9 Å². The highest BCUT2D eigenvalue weighted by Gasteiger charge is 2.13. The summed E-state index contributed by atoms with van der Waals surface area (Å²) in [5, 5.41) is 12.2. The lowest BCUT2D eigenvalue weighted by molar-refractivity contribution is -0.121. The Morgan fingerprint density at radius 3 is 3.05 bits per heavy atom. The molecule has 0 fully saturated rings. The zero-order valence-corrected chi connectivity index (χ0v) is 11.9. The minimum absolute atomic E-state index is 0.0161. The summed E-state index contributed by atoms with van der Waals surface area (Å²) >= 11 is 1.64. The van der Waals surface area contributed by atoms with E-state index in [1.165, 1.54) is 0 Å². The van der Waals surface area contributed by atoms with Crippen molar-refractivity contribution in [2.24, 2.45) is 0 Å². The lowest BCUT2D eigenvalue weighted by Crippen LogP contribution is -2.36. The van der Waals surface area contributed by atoms with E-state index in [2.05, 4.69) is 15.7 Å². The summed E-state index contributed by atoms with van der Waals surface area (Å²) in [6.45, 7) is 5.26. The van der Waals surface area contributed by atoms with Crippen molar-refractivity contribution < 1.29 is 4.79 Å². The van der Waals surface area contributed by atoms with Crippen LogP contribution in [0, 0.1) is 0 Å². The van der Waals surface area contributed by atoms with Gasteiger partial charge in [0.2, 0.25) is 5.91 Å². The van der Waals surface area contributed by atoms with Gasteiger partial charge in [-0.15, -0.1) is 11.3 Å². The van der Waals surface area contributed by atoms with Gasteiger partial charge in [0, 0.05) is 17.6 Å². The number of hydrogen-bond acceptors (Lipinski definition) is 4. The Morgan fingerprint density at radius 2 is 2.42 bits per heavy atom. The van der Waals surface area contributed by atoms with Gasteiger partial charge in [-0.05, 0) is 25.3 Å². The lowest BCUT2D eigenvalue weighted by Gasteiger charge is -2.13. The highest BCUT2D eigenvalue weighted by Crippen LogP contribution is 2.09. The fourth-order valence-electron chi connectivity index (χ4n) is 1.67. The molecular weight excluding hydrogens is 260 g/mol. The average Bonchev–Trinajstić information content (AvgIpc) is 3.06. The van der Waals surface area contributed by atoms with E-state index in [1.807, 2.05) is 42.2 Å². The van der Waals surface area contributed by atoms with Crippen molar-refractivity contribution in [3.8, 4) is 0 Å². The summed E-state index contributed by atoms with van der Waals surface area (Å²) in [5.74, 6) is -0.0161. The van der Waals surface area contributed by atoms with Gasteiger partial charge in [0.1, 0.15) is 6.04 Å². The Balaban J connectivity index is 1.81. The normalized spacial score (nSPS) is 12.1. The van der Waals surface area contributed by atoms with Crippen LogP contribution in [0.3, 0.4) is 0 Å². The molecule has 0 radical (unpaired) electrons. The summed E-state index contributed by atoms with van der Waals surface area (Å²) in [5.41, 5.74) is 0.862. The quantitative estimate of drug-likeness (QED) is 0.850. The van der Waals surface area contributed by atoms with Gasteiger partial charge >= 0.3 is 0 Å². The second kappa shape index (κ2) is 6.38. The number of carbonyl (C=O) groups excluding carboxylic acids is 1. The highest BCUT2D eigenvalue weighted by atomic mass is 32.1. The molecule has 0 saturated carbocycles. The Morgan fingerprint density at radius 1 is 1.58 bits per heavy atom. The Labute approximate surface area is 116 Å². The number of amides is 1. The van der Waals surface area contributed by atoms with E-state index in [4.69, 9.17) is 0 Å². The van der Waals surface area contributed by atoms with E-state index in [0.29, 0.717) is 6.54 Å². The zero-order valence-electron chi connectivity index (χ0n) is 11.1. The molecule has 0 saturated heterocycles. The number of anilines is 1. The summed E-state index contributed by atoms with van der Waals surface area (Å²) in [7, 11) is 0. The molecule has 2 rings (SSSR count). The molecular formula is C13H18N4OS. The van der Waals surface area contributed by atoms with Crippen LogP contribution in [0.1, 0.15) is 18.7 Å². The summed E-state index contributed by atoms with van der Waals surface area (Å²) in [6.07, 6.45) is 3.62. The van der Waals surface area contributed by atoms with Gasteiger partial charge in [-0.1, -0.05) is 6.07 Å². The number of nitrogens with zero attached hydrogens (tertiary/aromatic N) is 2. The predicted molar refractivity (Wildman–Crippen MR) is 77.2 cm³/mol. The first-order chi connectivity index (χ1) is 9.19. The largest absolute Gasteiger partial charge is 0.371 e. The summed E-state index contributed by atoms with van der Waals surface area (Å²) < 4.78 is 1.82. The van der Waals surface area contributed by atoms with Gasteiger partial charge in [0.25, 0.3) is 0 Å². The van der Waals surface area contributed by atoms with E-state index in [1.54, 1.807) is 17.5 Å². The Kier molecular flexibility index (Phi) is 4.57. The second-order valence-electron chi connectivity index (χ2n) is 4.25. The number of aryl methyl sites for hydroxylation is 1. The molecule has 0 aliphatic heterocycles. The van der Waals surface area contributed by atoms with Crippen molar-refractivity contribution in [2.45, 2.75) is 33.0 Å². The first kappa shape index (κ1) is 13.6. The molecule has 0 aliphatic rings. The predicted octanol–water partition coefficient (Wildman–Crippen LogP) is 2.08. The topological polar surface area (TPSA) is 59.0 Å². The molecule has 2 aromatic heterocycles. The van der Waals surface area contributed by atoms with Gasteiger partial charge in [-0.2, -0.15) is 5.10 Å². The molecule has 19 heavy (non-hydrogen) atoms. The molecule has 0 unspecified atom stereocenters. The number of thiophene rings is 1. The molecule has 5 nitrogen and oxygen atoms in total. The number of aromatic nitrogens is 2. The van der Waals surface area contributed by atoms with Crippen molar-refractivity contribution in [3.05, 3.63) is 34.8 Å². The van der Waals surface area contributed by atoms with E-state index in [-0.39, 0.29) is 11.9 Å². The van der Waals surface area contributed by atoms with Crippen LogP contribution >= 0.6 is 11.3 Å². The molecule has 1 atom stereocenters. The molecule has 102 valence electrons. The minimum atomic E-state index is -0.283. The molecule has 0 aromatic carbocycles. The third-order valence-electron chi connectivity index (χ3n) is 2.75. The SMILES string of the molecule is CCn1cc(N[C@H](C)C(=O)NCc2cccs2)cn1. The van der Waals surface area contributed by atoms with Gasteiger partial charge in [0.05, 0.1) is 18.4 Å². The van der Waals surface area contributed by atoms with E-state index in [9.17, 15) is 4.79 Å². The van der Waals surface area contributed by atoms with Crippen LogP contribution in [-0.2, 0) is 17.9 Å². The summed E-state index contributed by atoms with van der Waals surface area (Å²) in [6, 6.07) is 3.70. The molecule has 6 heteroatoms. The smallest absolute Gasteiger partial charge is 0.242 e. The summed E-state index contributed by atoms with van der Waals surface area (Å²) in [4.78, 5) is 13.1. The fourth-order valence-corrected chi connectivity index (χ4v) is 2.31. The number of nitrogens with one attached hydrogen (secondary N) is 2. The number of rotatable bonds is 6. The first-order valence-electron chi connectivity index (χ1n) is 6.28. The number of hydrogen-bond donors (Lipinski definition) is 2. The van der Waals surface area contributed by atoms with Crippen LogP contribution < -0.4 is 10.6 Å². The highest BCUT2D eigenvalue weighted by molar-refractivity contribution is 7.09. The van der Waals surface area contributed by atoms with Crippen molar-refractivity contribution in [1.29, 1.82) is 0 Å². The van der Waals surface area contributed by atoms with Gasteiger partial charge in [0.15, 0.2) is 0 Å². The molecule has 2 heterocycles. The van der Waals surface area contributed by atoms with Gasteiger partial charge < -0.3 is 10.6 Å². The molecule has 0 spiro atoms. The maximum atomic E-state index is 11.9. The lowest BCUT2D eigenvalue weighted by atomic mass is 10.3. The van der Waals surface area contributed by atoms with Gasteiger partial charge in [-0.3, -0.25) is 9.48 Å². The van der Waals surface area contributed by atoms with E-state index in [0.717, 1.165) is 17.1 Å². The van der Waals surface area contributed by atoms with Gasteiger partial charge in [-0.25, -0.2) is 0 Å². The molecule has 2 N–H and O–H groups in total. The monoisotopic (exact) mass is 278 g/mol. The minimum Gasteiger partial charge on any atom is -0.371 e. The Hall–Kier alpha value is -1.82. The van der Waals surface area contributed by atoms with Crippen LogP contribution in [0.25, 0.3) is 0 Å². The van der Waals surface area contributed by atoms with E-state index < -0.39 is 0 Å². The fraction of sp³-hybridized carbons (Fsp3) is 0.385. The average molecular weight is 278 g/mol. The molecule has 1 amide bonds. The molecule has 0 bridgehead atoms. The molecule has 2 aromatic rings. The van der Waals surface area contributed by atoms with Crippen molar-refractivity contribution in [2.75, 3.05) is 5.32 Å². The Bertz CT molecular complexity index is 520. The van der Waals surface area contributed by atoms with Crippen LogP contribution in [-0.4, -0.2) is 21.7 Å².